The third kappa shape index (κ3) is 4.24. The highest BCUT2D eigenvalue weighted by Gasteiger charge is 2.18. The molecule has 5 nitrogen and oxygen atoms in total. The van der Waals surface area contributed by atoms with Gasteiger partial charge in [-0.1, -0.05) is 11.3 Å². The SMILES string of the molecule is CC(C)N(c1nc(=O)c2cc(NC(=O)CCCl)ccc2s1)C(C)C. The first-order valence-corrected chi connectivity index (χ1v) is 9.27. The van der Waals surface area contributed by atoms with Crippen molar-refractivity contribution >= 4 is 49.7 Å². The van der Waals surface area contributed by atoms with Gasteiger partial charge in [0.2, 0.25) is 5.91 Å². The number of benzene rings is 1. The Morgan fingerprint density at radius 3 is 2.54 bits per heavy atom. The van der Waals surface area contributed by atoms with E-state index in [1.807, 2.05) is 6.07 Å². The zero-order valence-electron chi connectivity index (χ0n) is 14.3. The molecule has 0 saturated heterocycles. The fourth-order valence-electron chi connectivity index (χ4n) is 2.59. The average Bonchev–Trinajstić information content (AvgIpc) is 2.47. The van der Waals surface area contributed by atoms with Gasteiger partial charge >= 0.3 is 0 Å². The molecular weight excluding hydrogens is 346 g/mol. The van der Waals surface area contributed by atoms with Crippen molar-refractivity contribution in [2.24, 2.45) is 0 Å². The number of rotatable bonds is 6. The van der Waals surface area contributed by atoms with Crippen LogP contribution in [0.15, 0.2) is 23.0 Å². The molecule has 130 valence electrons. The molecule has 0 spiro atoms. The second kappa shape index (κ2) is 7.94. The lowest BCUT2D eigenvalue weighted by Crippen LogP contribution is -2.38. The quantitative estimate of drug-likeness (QED) is 0.788. The van der Waals surface area contributed by atoms with Gasteiger partial charge in [-0.05, 0) is 45.9 Å². The number of amides is 1. The molecule has 1 aromatic heterocycles. The number of hydrogen-bond acceptors (Lipinski definition) is 5. The molecule has 0 aliphatic heterocycles. The molecule has 0 bridgehead atoms. The predicted octanol–water partition coefficient (Wildman–Crippen LogP) is 3.85. The predicted molar refractivity (Wildman–Crippen MR) is 103 cm³/mol. The van der Waals surface area contributed by atoms with E-state index in [0.29, 0.717) is 11.1 Å². The zero-order valence-corrected chi connectivity index (χ0v) is 15.9. The smallest absolute Gasteiger partial charge is 0.281 e. The number of fused-ring (bicyclic) bond motifs is 1. The molecule has 0 radical (unpaired) electrons. The van der Waals surface area contributed by atoms with E-state index in [4.69, 9.17) is 11.6 Å². The molecule has 0 aliphatic carbocycles. The number of carbonyl (C=O) groups excluding carboxylic acids is 1. The maximum atomic E-state index is 12.4. The van der Waals surface area contributed by atoms with E-state index in [1.54, 1.807) is 12.1 Å². The van der Waals surface area contributed by atoms with Crippen LogP contribution in [0.1, 0.15) is 34.1 Å². The number of anilines is 2. The number of halogens is 1. The Morgan fingerprint density at radius 1 is 1.29 bits per heavy atom. The molecule has 7 heteroatoms. The van der Waals surface area contributed by atoms with Crippen molar-refractivity contribution < 1.29 is 4.79 Å². The maximum absolute atomic E-state index is 12.4. The number of hydrogen-bond donors (Lipinski definition) is 1. The van der Waals surface area contributed by atoms with Gasteiger partial charge in [0, 0.05) is 34.8 Å². The molecule has 1 amide bonds. The van der Waals surface area contributed by atoms with Crippen molar-refractivity contribution in [3.8, 4) is 0 Å². The van der Waals surface area contributed by atoms with Crippen LogP contribution in [-0.2, 0) is 4.79 Å². The van der Waals surface area contributed by atoms with E-state index in [0.717, 1.165) is 9.83 Å². The van der Waals surface area contributed by atoms with Crippen molar-refractivity contribution in [2.45, 2.75) is 46.2 Å². The van der Waals surface area contributed by atoms with Crippen molar-refractivity contribution in [3.05, 3.63) is 28.6 Å². The van der Waals surface area contributed by atoms with Gasteiger partial charge in [0.25, 0.3) is 5.56 Å². The molecule has 0 unspecified atom stereocenters. The normalized spacial score (nSPS) is 11.3. The van der Waals surface area contributed by atoms with Crippen LogP contribution in [0.2, 0.25) is 0 Å². The molecule has 1 heterocycles. The molecule has 0 saturated carbocycles. The summed E-state index contributed by atoms with van der Waals surface area (Å²) in [7, 11) is 0. The summed E-state index contributed by atoms with van der Waals surface area (Å²) < 4.78 is 0.853. The van der Waals surface area contributed by atoms with Crippen molar-refractivity contribution in [3.63, 3.8) is 0 Å². The third-order valence-electron chi connectivity index (χ3n) is 3.55. The van der Waals surface area contributed by atoms with Gasteiger partial charge in [0.05, 0.1) is 5.39 Å². The number of alkyl halides is 1. The van der Waals surface area contributed by atoms with E-state index in [1.165, 1.54) is 11.3 Å². The lowest BCUT2D eigenvalue weighted by molar-refractivity contribution is -0.115. The number of nitrogens with zero attached hydrogens (tertiary/aromatic N) is 2. The van der Waals surface area contributed by atoms with E-state index in [9.17, 15) is 9.59 Å². The molecule has 1 aromatic carbocycles. The summed E-state index contributed by atoms with van der Waals surface area (Å²) in [4.78, 5) is 30.5. The maximum Gasteiger partial charge on any atom is 0.281 e. The summed E-state index contributed by atoms with van der Waals surface area (Å²) in [5, 5.41) is 3.97. The third-order valence-corrected chi connectivity index (χ3v) is 4.80. The van der Waals surface area contributed by atoms with Crippen LogP contribution < -0.4 is 15.8 Å². The minimum absolute atomic E-state index is 0.171. The Kier molecular flexibility index (Phi) is 6.18. The summed E-state index contributed by atoms with van der Waals surface area (Å²) >= 11 is 7.04. The summed E-state index contributed by atoms with van der Waals surface area (Å²) in [6.07, 6.45) is 0.237. The van der Waals surface area contributed by atoms with E-state index in [-0.39, 0.29) is 35.9 Å². The molecule has 24 heavy (non-hydrogen) atoms. The van der Waals surface area contributed by atoms with Crippen LogP contribution in [-0.4, -0.2) is 28.9 Å². The first kappa shape index (κ1) is 18.7. The first-order valence-electron chi connectivity index (χ1n) is 7.92. The topological polar surface area (TPSA) is 62.3 Å². The van der Waals surface area contributed by atoms with Crippen molar-refractivity contribution in [2.75, 3.05) is 16.1 Å². The number of carbonyl (C=O) groups is 1. The summed E-state index contributed by atoms with van der Waals surface area (Å²) in [6, 6.07) is 5.82. The summed E-state index contributed by atoms with van der Waals surface area (Å²) in [6.45, 7) is 8.33. The van der Waals surface area contributed by atoms with Crippen LogP contribution in [0.3, 0.4) is 0 Å². The van der Waals surface area contributed by atoms with E-state index in [2.05, 4.69) is 42.9 Å². The Hall–Kier alpha value is -1.66. The van der Waals surface area contributed by atoms with Gasteiger partial charge in [-0.2, -0.15) is 4.98 Å². The highest BCUT2D eigenvalue weighted by Crippen LogP contribution is 2.28. The Balaban J connectivity index is 2.43. The van der Waals surface area contributed by atoms with Crippen LogP contribution in [0, 0.1) is 0 Å². The average molecular weight is 368 g/mol. The lowest BCUT2D eigenvalue weighted by Gasteiger charge is -2.31. The van der Waals surface area contributed by atoms with Gasteiger partial charge < -0.3 is 10.2 Å². The highest BCUT2D eigenvalue weighted by molar-refractivity contribution is 7.21. The Morgan fingerprint density at radius 2 is 1.96 bits per heavy atom. The van der Waals surface area contributed by atoms with Crippen LogP contribution in [0.25, 0.3) is 10.1 Å². The number of aromatic nitrogens is 1. The standard InChI is InChI=1S/C17H22ClN3O2S/c1-10(2)21(11(3)4)17-20-16(23)13-9-12(5-6-14(13)24-17)19-15(22)7-8-18/h5-6,9-11H,7-8H2,1-4H3,(H,19,22). The van der Waals surface area contributed by atoms with Gasteiger partial charge in [-0.25, -0.2) is 0 Å². The number of nitrogens with one attached hydrogen (secondary N) is 1. The largest absolute Gasteiger partial charge is 0.343 e. The molecule has 0 fully saturated rings. The van der Waals surface area contributed by atoms with Gasteiger partial charge in [-0.3, -0.25) is 9.59 Å². The molecular formula is C17H22ClN3O2S. The summed E-state index contributed by atoms with van der Waals surface area (Å²) in [5.74, 6) is 0.0928. The fraction of sp³-hybridized carbons (Fsp3) is 0.471. The van der Waals surface area contributed by atoms with Crippen LogP contribution in [0.5, 0.6) is 0 Å². The highest BCUT2D eigenvalue weighted by atomic mass is 35.5. The van der Waals surface area contributed by atoms with Gasteiger partial charge in [-0.15, -0.1) is 11.6 Å². The monoisotopic (exact) mass is 367 g/mol. The lowest BCUT2D eigenvalue weighted by atomic mass is 10.2. The molecule has 0 aliphatic rings. The van der Waals surface area contributed by atoms with Crippen LogP contribution in [0.4, 0.5) is 10.8 Å². The Bertz CT molecular complexity index is 781. The zero-order chi connectivity index (χ0) is 17.9. The second-order valence-corrected chi connectivity index (χ2v) is 7.48. The minimum atomic E-state index is -0.279. The van der Waals surface area contributed by atoms with Crippen LogP contribution >= 0.6 is 22.9 Å². The van der Waals surface area contributed by atoms with Crippen molar-refractivity contribution in [1.29, 1.82) is 0 Å². The molecule has 2 rings (SSSR count). The van der Waals surface area contributed by atoms with Crippen molar-refractivity contribution in [1.82, 2.24) is 4.98 Å². The van der Waals surface area contributed by atoms with E-state index >= 15 is 0 Å². The second-order valence-electron chi connectivity index (χ2n) is 6.09. The Labute approximate surface area is 150 Å². The first-order chi connectivity index (χ1) is 11.3. The molecule has 1 N–H and O–H groups in total. The van der Waals surface area contributed by atoms with Gasteiger partial charge in [0.1, 0.15) is 0 Å². The van der Waals surface area contributed by atoms with E-state index < -0.39 is 0 Å². The van der Waals surface area contributed by atoms with Gasteiger partial charge in [0.15, 0.2) is 5.13 Å². The minimum Gasteiger partial charge on any atom is -0.343 e. The fourth-order valence-corrected chi connectivity index (χ4v) is 4.01. The molecule has 2 aromatic rings. The summed E-state index contributed by atoms with van der Waals surface area (Å²) in [5.41, 5.74) is 0.305. The molecule has 0 atom stereocenters.